The van der Waals surface area contributed by atoms with Crippen LogP contribution in [0.15, 0.2) is 12.3 Å². The fourth-order valence-corrected chi connectivity index (χ4v) is 0.345. The molecular formula is C6H7O4-. The number of carbonyl (C=O) groups is 2. The van der Waals surface area contributed by atoms with Gasteiger partial charge in [-0.15, -0.1) is 0 Å². The van der Waals surface area contributed by atoms with Crippen LogP contribution in [0, 0.1) is 0 Å². The van der Waals surface area contributed by atoms with E-state index in [1.165, 1.54) is 7.11 Å². The molecule has 0 saturated carbocycles. The van der Waals surface area contributed by atoms with Gasteiger partial charge in [-0.1, -0.05) is 0 Å². The monoisotopic (exact) mass is 143 g/mol. The number of rotatable bonds is 4. The molecule has 0 aromatic heterocycles. The topological polar surface area (TPSA) is 66.4 Å². The van der Waals surface area contributed by atoms with E-state index in [0.29, 0.717) is 0 Å². The van der Waals surface area contributed by atoms with Crippen LogP contribution in [0.2, 0.25) is 0 Å². The zero-order chi connectivity index (χ0) is 7.98. The normalized spacial score (nSPS) is 9.70. The molecule has 0 saturated heterocycles. The number of allylic oxidation sites excluding steroid dienone is 1. The van der Waals surface area contributed by atoms with E-state index >= 15 is 0 Å². The van der Waals surface area contributed by atoms with Crippen LogP contribution in [-0.2, 0) is 14.3 Å². The van der Waals surface area contributed by atoms with Crippen molar-refractivity contribution < 1.29 is 19.4 Å². The molecule has 0 aliphatic carbocycles. The molecule has 0 unspecified atom stereocenters. The molecule has 0 aromatic carbocycles. The van der Waals surface area contributed by atoms with Crippen molar-refractivity contribution in [3.63, 3.8) is 0 Å². The van der Waals surface area contributed by atoms with Gasteiger partial charge >= 0.3 is 0 Å². The van der Waals surface area contributed by atoms with Gasteiger partial charge in [0.1, 0.15) is 0 Å². The van der Waals surface area contributed by atoms with Gasteiger partial charge in [0.25, 0.3) is 0 Å². The van der Waals surface area contributed by atoms with Gasteiger partial charge in [-0.05, 0) is 0 Å². The minimum Gasteiger partial charge on any atom is -0.550 e. The highest BCUT2D eigenvalue weighted by Crippen LogP contribution is 1.83. The molecule has 0 spiro atoms. The Morgan fingerprint density at radius 1 is 1.60 bits per heavy atom. The highest BCUT2D eigenvalue weighted by Gasteiger charge is 1.94. The smallest absolute Gasteiger partial charge is 0.164 e. The summed E-state index contributed by atoms with van der Waals surface area (Å²) >= 11 is 0. The molecule has 10 heavy (non-hydrogen) atoms. The van der Waals surface area contributed by atoms with Crippen molar-refractivity contribution in [2.24, 2.45) is 0 Å². The van der Waals surface area contributed by atoms with Gasteiger partial charge < -0.3 is 14.6 Å². The summed E-state index contributed by atoms with van der Waals surface area (Å²) in [6.07, 6.45) is 1.56. The molecule has 0 heterocycles. The van der Waals surface area contributed by atoms with Crippen LogP contribution in [0.3, 0.4) is 0 Å². The summed E-state index contributed by atoms with van der Waals surface area (Å²) in [6.45, 7) is 0. The van der Waals surface area contributed by atoms with Crippen LogP contribution in [0.1, 0.15) is 6.42 Å². The van der Waals surface area contributed by atoms with Crippen molar-refractivity contribution in [1.82, 2.24) is 0 Å². The fraction of sp³-hybridized carbons (Fsp3) is 0.333. The highest BCUT2D eigenvalue weighted by atomic mass is 16.5. The first-order valence-electron chi connectivity index (χ1n) is 2.59. The lowest BCUT2D eigenvalue weighted by atomic mass is 10.3. The molecule has 4 heteroatoms. The molecule has 4 nitrogen and oxygen atoms in total. The maximum Gasteiger partial charge on any atom is 0.164 e. The summed E-state index contributed by atoms with van der Waals surface area (Å²) in [6, 6.07) is 0. The van der Waals surface area contributed by atoms with Crippen molar-refractivity contribution in [2.45, 2.75) is 6.42 Å². The predicted octanol–water partition coefficient (Wildman–Crippen LogP) is -1.14. The summed E-state index contributed by atoms with van der Waals surface area (Å²) in [4.78, 5) is 20.2. The van der Waals surface area contributed by atoms with Crippen LogP contribution in [0.5, 0.6) is 0 Å². The molecule has 0 aliphatic rings. The second kappa shape index (κ2) is 4.55. The summed E-state index contributed by atoms with van der Waals surface area (Å²) in [5.41, 5.74) is 0. The van der Waals surface area contributed by atoms with Gasteiger partial charge in [-0.25, -0.2) is 0 Å². The van der Waals surface area contributed by atoms with E-state index in [-0.39, 0.29) is 0 Å². The van der Waals surface area contributed by atoms with E-state index in [0.717, 1.165) is 12.3 Å². The van der Waals surface area contributed by atoms with Crippen LogP contribution < -0.4 is 5.11 Å². The number of ether oxygens (including phenoxy) is 1. The maximum atomic E-state index is 10.4. The minimum atomic E-state index is -1.38. The third kappa shape index (κ3) is 4.83. The molecule has 0 N–H and O–H groups in total. The molecule has 0 radical (unpaired) electrons. The first-order chi connectivity index (χ1) is 4.66. The van der Waals surface area contributed by atoms with Crippen molar-refractivity contribution in [1.29, 1.82) is 0 Å². The largest absolute Gasteiger partial charge is 0.550 e. The molecule has 0 amide bonds. The maximum absolute atomic E-state index is 10.4. The predicted molar refractivity (Wildman–Crippen MR) is 30.8 cm³/mol. The van der Waals surface area contributed by atoms with Crippen molar-refractivity contribution in [3.05, 3.63) is 12.3 Å². The van der Waals surface area contributed by atoms with Crippen molar-refractivity contribution in [3.8, 4) is 0 Å². The third-order valence-corrected chi connectivity index (χ3v) is 0.709. The third-order valence-electron chi connectivity index (χ3n) is 0.709. The number of hydrogen-bond donors (Lipinski definition) is 0. The van der Waals surface area contributed by atoms with Crippen LogP contribution in [-0.4, -0.2) is 18.9 Å². The van der Waals surface area contributed by atoms with Crippen molar-refractivity contribution in [2.75, 3.05) is 7.11 Å². The molecular weight excluding hydrogens is 136 g/mol. The quantitative estimate of drug-likeness (QED) is 0.283. The van der Waals surface area contributed by atoms with E-state index in [9.17, 15) is 14.7 Å². The zero-order valence-corrected chi connectivity index (χ0v) is 5.49. The molecule has 0 aliphatic heterocycles. The molecule has 0 bridgehead atoms. The summed E-state index contributed by atoms with van der Waals surface area (Å²) in [5.74, 6) is -1.92. The van der Waals surface area contributed by atoms with E-state index in [1.54, 1.807) is 0 Å². The van der Waals surface area contributed by atoms with Crippen molar-refractivity contribution >= 4 is 11.8 Å². The second-order valence-electron chi connectivity index (χ2n) is 1.55. The standard InChI is InChI=1S/C6H8O4/c1-10-3-2-5(7)4-6(8)9/h2-3H,4H2,1H3,(H,8,9)/p-1/b3-2+. The number of carboxylic acids is 1. The van der Waals surface area contributed by atoms with Gasteiger partial charge in [0, 0.05) is 12.0 Å². The number of ketones is 1. The van der Waals surface area contributed by atoms with Gasteiger partial charge in [0.2, 0.25) is 0 Å². The Balaban J connectivity index is 3.64. The van der Waals surface area contributed by atoms with Crippen LogP contribution >= 0.6 is 0 Å². The Hall–Kier alpha value is -1.32. The Morgan fingerprint density at radius 2 is 2.20 bits per heavy atom. The lowest BCUT2D eigenvalue weighted by Gasteiger charge is -1.94. The number of hydrogen-bond acceptors (Lipinski definition) is 4. The second-order valence-corrected chi connectivity index (χ2v) is 1.55. The Labute approximate surface area is 58.1 Å². The lowest BCUT2D eigenvalue weighted by molar-refractivity contribution is -0.304. The summed E-state index contributed by atoms with van der Waals surface area (Å²) < 4.78 is 4.38. The Morgan fingerprint density at radius 3 is 2.60 bits per heavy atom. The van der Waals surface area contributed by atoms with Crippen LogP contribution in [0.25, 0.3) is 0 Å². The van der Waals surface area contributed by atoms with Gasteiger partial charge in [0.05, 0.1) is 19.8 Å². The molecule has 0 fully saturated rings. The van der Waals surface area contributed by atoms with Gasteiger partial charge in [-0.2, -0.15) is 0 Å². The lowest BCUT2D eigenvalue weighted by Crippen LogP contribution is -2.24. The highest BCUT2D eigenvalue weighted by molar-refractivity contribution is 6.00. The zero-order valence-electron chi connectivity index (χ0n) is 5.49. The first-order valence-corrected chi connectivity index (χ1v) is 2.59. The number of aliphatic carboxylic acids is 1. The average Bonchev–Trinajstić information content (AvgIpc) is 1.82. The van der Waals surface area contributed by atoms with Gasteiger partial charge in [0.15, 0.2) is 5.78 Å². The summed E-state index contributed by atoms with van der Waals surface area (Å²) in [7, 11) is 1.36. The Bertz CT molecular complexity index is 159. The van der Waals surface area contributed by atoms with Gasteiger partial charge in [-0.3, -0.25) is 4.79 Å². The first kappa shape index (κ1) is 8.68. The number of carbonyl (C=O) groups excluding carboxylic acids is 2. The average molecular weight is 143 g/mol. The van der Waals surface area contributed by atoms with E-state index in [4.69, 9.17) is 0 Å². The number of methoxy groups -OCH3 is 1. The van der Waals surface area contributed by atoms with E-state index in [1.807, 2.05) is 0 Å². The minimum absolute atomic E-state index is 0.540. The number of carboxylic acid groups (broad SMARTS) is 1. The molecule has 0 rings (SSSR count). The van der Waals surface area contributed by atoms with E-state index < -0.39 is 18.2 Å². The SMILES string of the molecule is CO/C=C/C(=O)CC(=O)[O-]. The molecule has 0 aromatic rings. The molecule has 56 valence electrons. The molecule has 0 atom stereocenters. The Kier molecular flexibility index (Phi) is 3.95. The van der Waals surface area contributed by atoms with Crippen LogP contribution in [0.4, 0.5) is 0 Å². The summed E-state index contributed by atoms with van der Waals surface area (Å²) in [5, 5.41) is 9.77. The van der Waals surface area contributed by atoms with E-state index in [2.05, 4.69) is 4.74 Å². The fourth-order valence-electron chi connectivity index (χ4n) is 0.345.